The molecule has 1 atom stereocenters. The van der Waals surface area contributed by atoms with E-state index in [-0.39, 0.29) is 0 Å². The van der Waals surface area contributed by atoms with Crippen LogP contribution in [0.2, 0.25) is 5.02 Å². The van der Waals surface area contributed by atoms with Gasteiger partial charge in [0, 0.05) is 11.4 Å². The molecule has 0 aliphatic rings. The van der Waals surface area contributed by atoms with Crippen molar-refractivity contribution in [3.8, 4) is 5.75 Å². The lowest BCUT2D eigenvalue weighted by molar-refractivity contribution is -0.686. The van der Waals surface area contributed by atoms with Gasteiger partial charge in [-0.25, -0.2) is 0 Å². The smallest absolute Gasteiger partial charge is 0.119 e. The maximum Gasteiger partial charge on any atom is 0.119 e. The average molecular weight is 271 g/mol. The molecule has 0 radical (unpaired) electrons. The van der Waals surface area contributed by atoms with Gasteiger partial charge in [-0.1, -0.05) is 25.4 Å². The van der Waals surface area contributed by atoms with Gasteiger partial charge in [-0.3, -0.25) is 0 Å². The fraction of sp³-hybridized carbons (Fsp3) is 0.600. The fourth-order valence-corrected chi connectivity index (χ4v) is 2.01. The maximum atomic E-state index is 6.07. The maximum absolute atomic E-state index is 6.07. The minimum Gasteiger partial charge on any atom is -0.493 e. The van der Waals surface area contributed by atoms with Crippen LogP contribution in [-0.2, 0) is 6.42 Å². The van der Waals surface area contributed by atoms with Crippen LogP contribution >= 0.6 is 11.6 Å². The number of benzene rings is 1. The van der Waals surface area contributed by atoms with Crippen molar-refractivity contribution in [2.24, 2.45) is 0 Å². The third-order valence-corrected chi connectivity index (χ3v) is 3.60. The SMILES string of the molecule is CCc1cc(OCCC[NH2+][C@@H](C)CC)ccc1Cl. The summed E-state index contributed by atoms with van der Waals surface area (Å²) in [5, 5.41) is 3.21. The van der Waals surface area contributed by atoms with Crippen molar-refractivity contribution in [2.75, 3.05) is 13.2 Å². The summed E-state index contributed by atoms with van der Waals surface area (Å²) in [6.07, 6.45) is 3.24. The van der Waals surface area contributed by atoms with E-state index in [2.05, 4.69) is 26.1 Å². The number of halogens is 1. The lowest BCUT2D eigenvalue weighted by atomic mass is 10.1. The Morgan fingerprint density at radius 3 is 2.78 bits per heavy atom. The van der Waals surface area contributed by atoms with E-state index >= 15 is 0 Å². The largest absolute Gasteiger partial charge is 0.493 e. The Kier molecular flexibility index (Phi) is 7.14. The quantitative estimate of drug-likeness (QED) is 0.722. The number of nitrogens with two attached hydrogens (primary N) is 1. The van der Waals surface area contributed by atoms with Gasteiger partial charge in [0.05, 0.1) is 19.2 Å². The molecular formula is C15H25ClNO+. The van der Waals surface area contributed by atoms with Crippen molar-refractivity contribution in [3.05, 3.63) is 28.8 Å². The van der Waals surface area contributed by atoms with Gasteiger partial charge in [0.25, 0.3) is 0 Å². The van der Waals surface area contributed by atoms with Crippen LogP contribution in [0.4, 0.5) is 0 Å². The second-order valence-corrected chi connectivity index (χ2v) is 5.13. The van der Waals surface area contributed by atoms with E-state index in [1.54, 1.807) is 0 Å². The van der Waals surface area contributed by atoms with E-state index in [9.17, 15) is 0 Å². The van der Waals surface area contributed by atoms with Crippen LogP contribution in [0, 0.1) is 0 Å². The van der Waals surface area contributed by atoms with Crippen molar-refractivity contribution >= 4 is 11.6 Å². The molecule has 2 N–H and O–H groups in total. The van der Waals surface area contributed by atoms with Crippen molar-refractivity contribution < 1.29 is 10.1 Å². The first kappa shape index (κ1) is 15.3. The minimum absolute atomic E-state index is 0.715. The molecule has 0 fully saturated rings. The van der Waals surface area contributed by atoms with Crippen molar-refractivity contribution in [1.82, 2.24) is 0 Å². The number of hydrogen-bond acceptors (Lipinski definition) is 1. The summed E-state index contributed by atoms with van der Waals surface area (Å²) in [6, 6.07) is 6.62. The minimum atomic E-state index is 0.715. The van der Waals surface area contributed by atoms with Crippen molar-refractivity contribution in [2.45, 2.75) is 46.1 Å². The van der Waals surface area contributed by atoms with Gasteiger partial charge in [-0.15, -0.1) is 0 Å². The first-order chi connectivity index (χ1) is 8.67. The van der Waals surface area contributed by atoms with Gasteiger partial charge >= 0.3 is 0 Å². The lowest BCUT2D eigenvalue weighted by Crippen LogP contribution is -2.89. The van der Waals surface area contributed by atoms with Gasteiger partial charge in [0.15, 0.2) is 0 Å². The van der Waals surface area contributed by atoms with E-state index in [4.69, 9.17) is 16.3 Å². The highest BCUT2D eigenvalue weighted by Crippen LogP contribution is 2.22. The molecule has 3 heteroatoms. The van der Waals surface area contributed by atoms with Crippen LogP contribution < -0.4 is 10.1 Å². The Morgan fingerprint density at radius 1 is 1.33 bits per heavy atom. The van der Waals surface area contributed by atoms with Crippen LogP contribution in [0.15, 0.2) is 18.2 Å². The first-order valence-corrected chi connectivity index (χ1v) is 7.29. The number of ether oxygens (including phenoxy) is 1. The summed E-state index contributed by atoms with van der Waals surface area (Å²) in [5.74, 6) is 0.930. The summed E-state index contributed by atoms with van der Waals surface area (Å²) in [4.78, 5) is 0. The van der Waals surface area contributed by atoms with Gasteiger partial charge in [-0.2, -0.15) is 0 Å². The third-order valence-electron chi connectivity index (χ3n) is 3.23. The lowest BCUT2D eigenvalue weighted by Gasteiger charge is -2.10. The monoisotopic (exact) mass is 270 g/mol. The molecular weight excluding hydrogens is 246 g/mol. The van der Waals surface area contributed by atoms with Gasteiger partial charge < -0.3 is 10.1 Å². The molecule has 0 aliphatic heterocycles. The molecule has 0 saturated heterocycles. The molecule has 1 rings (SSSR count). The van der Waals surface area contributed by atoms with E-state index < -0.39 is 0 Å². The molecule has 18 heavy (non-hydrogen) atoms. The summed E-state index contributed by atoms with van der Waals surface area (Å²) in [7, 11) is 0. The number of rotatable bonds is 8. The van der Waals surface area contributed by atoms with Crippen LogP contribution in [0.3, 0.4) is 0 Å². The molecule has 102 valence electrons. The second-order valence-electron chi connectivity index (χ2n) is 4.72. The van der Waals surface area contributed by atoms with Crippen LogP contribution in [0.25, 0.3) is 0 Å². The van der Waals surface area contributed by atoms with Gasteiger partial charge in [0.1, 0.15) is 5.75 Å². The highest BCUT2D eigenvalue weighted by atomic mass is 35.5. The Balaban J connectivity index is 2.27. The Labute approximate surface area is 116 Å². The summed E-state index contributed by atoms with van der Waals surface area (Å²) in [6.45, 7) is 8.48. The van der Waals surface area contributed by atoms with Crippen LogP contribution in [0.5, 0.6) is 5.75 Å². The van der Waals surface area contributed by atoms with Gasteiger partial charge in [-0.05, 0) is 43.5 Å². The molecule has 0 aliphatic carbocycles. The molecule has 1 aromatic carbocycles. The third kappa shape index (κ3) is 5.28. The first-order valence-electron chi connectivity index (χ1n) is 6.91. The summed E-state index contributed by atoms with van der Waals surface area (Å²) < 4.78 is 5.74. The molecule has 0 unspecified atom stereocenters. The number of aryl methyl sites for hydroxylation is 1. The predicted octanol–water partition coefficient (Wildman–Crippen LogP) is 3.03. The van der Waals surface area contributed by atoms with Crippen LogP contribution in [0.1, 0.15) is 39.2 Å². The standard InChI is InChI=1S/C15H24ClNO/c1-4-12(3)17-9-6-10-18-14-7-8-15(16)13(5-2)11-14/h7-8,11-12,17H,4-6,9-10H2,1-3H3/p+1/t12-/m0/s1. The van der Waals surface area contributed by atoms with E-state index in [0.29, 0.717) is 6.04 Å². The highest BCUT2D eigenvalue weighted by molar-refractivity contribution is 6.31. The topological polar surface area (TPSA) is 25.8 Å². The number of hydrogen-bond donors (Lipinski definition) is 1. The van der Waals surface area contributed by atoms with Crippen molar-refractivity contribution in [1.29, 1.82) is 0 Å². The molecule has 0 heterocycles. The zero-order valence-electron chi connectivity index (χ0n) is 11.7. The van der Waals surface area contributed by atoms with E-state index in [1.165, 1.54) is 6.42 Å². The van der Waals surface area contributed by atoms with Crippen molar-refractivity contribution in [3.63, 3.8) is 0 Å². The molecule has 0 spiro atoms. The zero-order valence-corrected chi connectivity index (χ0v) is 12.5. The number of quaternary nitrogens is 1. The highest BCUT2D eigenvalue weighted by Gasteiger charge is 2.02. The van der Waals surface area contributed by atoms with E-state index in [1.807, 2.05) is 18.2 Å². The molecule has 2 nitrogen and oxygen atoms in total. The van der Waals surface area contributed by atoms with Gasteiger partial charge in [0.2, 0.25) is 0 Å². The normalized spacial score (nSPS) is 12.4. The Bertz CT molecular complexity index is 354. The zero-order chi connectivity index (χ0) is 13.4. The van der Waals surface area contributed by atoms with Crippen LogP contribution in [-0.4, -0.2) is 19.2 Å². The molecule has 0 aromatic heterocycles. The van der Waals surface area contributed by atoms with E-state index in [0.717, 1.165) is 42.3 Å². The second kappa shape index (κ2) is 8.39. The molecule has 0 bridgehead atoms. The Hall–Kier alpha value is -0.730. The fourth-order valence-electron chi connectivity index (χ4n) is 1.75. The molecule has 0 saturated carbocycles. The molecule has 1 aromatic rings. The molecule has 0 amide bonds. The Morgan fingerprint density at radius 2 is 2.11 bits per heavy atom. The summed E-state index contributed by atoms with van der Waals surface area (Å²) >= 11 is 6.07. The predicted molar refractivity (Wildman–Crippen MR) is 77.5 cm³/mol. The summed E-state index contributed by atoms with van der Waals surface area (Å²) in [5.41, 5.74) is 1.15. The average Bonchev–Trinajstić information content (AvgIpc) is 2.39.